The molecule has 3 rings (SSSR count). The van der Waals surface area contributed by atoms with Gasteiger partial charge in [0.15, 0.2) is 0 Å². The van der Waals surface area contributed by atoms with Gasteiger partial charge in [0.2, 0.25) is 5.91 Å². The zero-order valence-corrected chi connectivity index (χ0v) is 20.6. The van der Waals surface area contributed by atoms with E-state index >= 15 is 0 Å². The van der Waals surface area contributed by atoms with E-state index in [1.54, 1.807) is 18.2 Å². The maximum atomic E-state index is 12.7. The van der Waals surface area contributed by atoms with Crippen molar-refractivity contribution in [2.24, 2.45) is 0 Å². The molecule has 0 heterocycles. The number of carbonyl (C=O) groups is 3. The quantitative estimate of drug-likeness (QED) is 0.330. The lowest BCUT2D eigenvalue weighted by molar-refractivity contribution is -0.139. The molecule has 0 aliphatic rings. The van der Waals surface area contributed by atoms with Gasteiger partial charge in [0.1, 0.15) is 6.61 Å². The van der Waals surface area contributed by atoms with Gasteiger partial charge < -0.3 is 20.1 Å². The van der Waals surface area contributed by atoms with Crippen LogP contribution in [0.2, 0.25) is 5.02 Å². The number of amides is 2. The molecule has 0 spiro atoms. The molecule has 3 N–H and O–H groups in total. The molecule has 0 fully saturated rings. The number of benzene rings is 3. The summed E-state index contributed by atoms with van der Waals surface area (Å²) in [4.78, 5) is 36.4. The first-order chi connectivity index (χ1) is 17.5. The van der Waals surface area contributed by atoms with Crippen LogP contribution in [-0.2, 0) is 25.7 Å². The summed E-state index contributed by atoms with van der Waals surface area (Å²) in [6.45, 7) is 0.211. The zero-order chi connectivity index (χ0) is 25.8. The van der Waals surface area contributed by atoms with Gasteiger partial charge in [-0.3, -0.25) is 14.9 Å². The van der Waals surface area contributed by atoms with Gasteiger partial charge in [-0.1, -0.05) is 72.3 Å². The highest BCUT2D eigenvalue weighted by Gasteiger charge is 2.20. The van der Waals surface area contributed by atoms with Crippen LogP contribution in [0.1, 0.15) is 29.2 Å². The van der Waals surface area contributed by atoms with Crippen molar-refractivity contribution in [1.29, 1.82) is 0 Å². The van der Waals surface area contributed by atoms with E-state index in [0.29, 0.717) is 16.3 Å². The van der Waals surface area contributed by atoms with Crippen molar-refractivity contribution < 1.29 is 23.9 Å². The van der Waals surface area contributed by atoms with Crippen LogP contribution in [0.15, 0.2) is 78.9 Å². The highest BCUT2D eigenvalue weighted by molar-refractivity contribution is 6.30. The van der Waals surface area contributed by atoms with Crippen molar-refractivity contribution in [3.05, 3.63) is 101 Å². The molecule has 8 nitrogen and oxygen atoms in total. The van der Waals surface area contributed by atoms with Crippen LogP contribution < -0.4 is 16.0 Å². The number of hydrogen-bond acceptors (Lipinski definition) is 6. The number of anilines is 1. The second-order valence-corrected chi connectivity index (χ2v) is 8.26. The summed E-state index contributed by atoms with van der Waals surface area (Å²) in [6, 6.07) is 23.4. The molecular formula is C27H28ClN3O5. The topological polar surface area (TPSA) is 106 Å². The molecule has 2 amide bonds. The number of ether oxygens (including phenoxy) is 2. The van der Waals surface area contributed by atoms with E-state index in [9.17, 15) is 14.4 Å². The Kier molecular flexibility index (Phi) is 10.3. The molecule has 3 aromatic carbocycles. The minimum Gasteiger partial charge on any atom is -0.468 e. The third kappa shape index (κ3) is 8.41. The number of alkyl carbamates (subject to hydrolysis) is 1. The maximum absolute atomic E-state index is 12.7. The Labute approximate surface area is 214 Å². The first-order valence-corrected chi connectivity index (χ1v) is 11.7. The lowest BCUT2D eigenvalue weighted by atomic mass is 9.97. The molecule has 188 valence electrons. The van der Waals surface area contributed by atoms with Crippen molar-refractivity contribution in [3.63, 3.8) is 0 Å². The molecule has 0 aliphatic heterocycles. The van der Waals surface area contributed by atoms with E-state index in [2.05, 4.69) is 16.0 Å². The Balaban J connectivity index is 1.62. The summed E-state index contributed by atoms with van der Waals surface area (Å²) in [7, 11) is 1.32. The summed E-state index contributed by atoms with van der Waals surface area (Å²) >= 11 is 6.27. The molecule has 9 heteroatoms. The fourth-order valence-electron chi connectivity index (χ4n) is 3.46. The average molecular weight is 510 g/mol. The molecule has 0 radical (unpaired) electrons. The van der Waals surface area contributed by atoms with Crippen LogP contribution in [-0.4, -0.2) is 38.2 Å². The summed E-state index contributed by atoms with van der Waals surface area (Å²) in [5.74, 6) is -0.726. The minimum absolute atomic E-state index is 0.0358. The molecule has 0 aromatic heterocycles. The molecule has 36 heavy (non-hydrogen) atoms. The average Bonchev–Trinajstić information content (AvgIpc) is 2.90. The van der Waals surface area contributed by atoms with E-state index in [0.717, 1.165) is 11.1 Å². The SMILES string of the molecule is COC(=O)CN[C@H](c1ccccc1)c1cc(Cl)ccc1NC(=O)CCNC(=O)OCc1ccccc1. The number of methoxy groups -OCH3 is 1. The highest BCUT2D eigenvalue weighted by Crippen LogP contribution is 2.31. The van der Waals surface area contributed by atoms with Crippen LogP contribution in [0.3, 0.4) is 0 Å². The van der Waals surface area contributed by atoms with Crippen molar-refractivity contribution in [1.82, 2.24) is 10.6 Å². The fourth-order valence-corrected chi connectivity index (χ4v) is 3.64. The van der Waals surface area contributed by atoms with Crippen molar-refractivity contribution in [2.75, 3.05) is 25.5 Å². The van der Waals surface area contributed by atoms with Gasteiger partial charge in [0.25, 0.3) is 0 Å². The summed E-state index contributed by atoms with van der Waals surface area (Å²) in [5, 5.41) is 9.10. The minimum atomic E-state index is -0.602. The summed E-state index contributed by atoms with van der Waals surface area (Å²) in [6.07, 6.45) is -0.566. The number of carbonyl (C=O) groups excluding carboxylic acids is 3. The number of halogens is 1. The zero-order valence-electron chi connectivity index (χ0n) is 19.8. The van der Waals surface area contributed by atoms with E-state index < -0.39 is 18.1 Å². The van der Waals surface area contributed by atoms with Gasteiger partial charge >= 0.3 is 12.1 Å². The number of esters is 1. The first kappa shape index (κ1) is 26.7. The smallest absolute Gasteiger partial charge is 0.407 e. The maximum Gasteiger partial charge on any atom is 0.407 e. The van der Waals surface area contributed by atoms with Gasteiger partial charge in [-0.2, -0.15) is 0 Å². The van der Waals surface area contributed by atoms with E-state index in [4.69, 9.17) is 21.1 Å². The van der Waals surface area contributed by atoms with Crippen LogP contribution in [0, 0.1) is 0 Å². The normalized spacial score (nSPS) is 11.3. The molecule has 3 aromatic rings. The van der Waals surface area contributed by atoms with Crippen molar-refractivity contribution >= 4 is 35.3 Å². The predicted molar refractivity (Wildman–Crippen MR) is 138 cm³/mol. The van der Waals surface area contributed by atoms with Gasteiger partial charge in [-0.05, 0) is 34.9 Å². The molecular weight excluding hydrogens is 482 g/mol. The largest absolute Gasteiger partial charge is 0.468 e. The van der Waals surface area contributed by atoms with Gasteiger partial charge in [-0.15, -0.1) is 0 Å². The molecule has 0 bridgehead atoms. The Morgan fingerprint density at radius 2 is 1.64 bits per heavy atom. The second-order valence-electron chi connectivity index (χ2n) is 7.82. The van der Waals surface area contributed by atoms with E-state index in [1.165, 1.54) is 7.11 Å². The number of hydrogen-bond donors (Lipinski definition) is 3. The van der Waals surface area contributed by atoms with E-state index in [-0.39, 0.29) is 32.0 Å². The number of nitrogens with one attached hydrogen (secondary N) is 3. The Bertz CT molecular complexity index is 1160. The van der Waals surface area contributed by atoms with Crippen LogP contribution >= 0.6 is 11.6 Å². The summed E-state index contributed by atoms with van der Waals surface area (Å²) in [5.41, 5.74) is 2.96. The summed E-state index contributed by atoms with van der Waals surface area (Å²) < 4.78 is 9.91. The first-order valence-electron chi connectivity index (χ1n) is 11.3. The molecule has 0 saturated carbocycles. The lowest BCUT2D eigenvalue weighted by Crippen LogP contribution is -2.30. The monoisotopic (exact) mass is 509 g/mol. The standard InChI is InChI=1S/C27H28ClN3O5/c1-35-25(33)17-30-26(20-10-6-3-7-11-20)22-16-21(28)12-13-23(22)31-24(32)14-15-29-27(34)36-18-19-8-4-2-5-9-19/h2-13,16,26,30H,14-15,17-18H2,1H3,(H,29,34)(H,31,32)/t26-/m1/s1. The Morgan fingerprint density at radius 3 is 2.33 bits per heavy atom. The molecule has 0 aliphatic carbocycles. The van der Waals surface area contributed by atoms with Gasteiger partial charge in [-0.25, -0.2) is 4.79 Å². The Morgan fingerprint density at radius 1 is 0.944 bits per heavy atom. The molecule has 1 atom stereocenters. The van der Waals surface area contributed by atoms with Crippen LogP contribution in [0.4, 0.5) is 10.5 Å². The number of rotatable bonds is 11. The third-order valence-electron chi connectivity index (χ3n) is 5.24. The van der Waals surface area contributed by atoms with Crippen LogP contribution in [0.5, 0.6) is 0 Å². The fraction of sp³-hybridized carbons (Fsp3) is 0.222. The molecule has 0 unspecified atom stereocenters. The Hall–Kier alpha value is -3.88. The lowest BCUT2D eigenvalue weighted by Gasteiger charge is -2.23. The van der Waals surface area contributed by atoms with E-state index in [1.807, 2.05) is 60.7 Å². The second kappa shape index (κ2) is 13.9. The third-order valence-corrected chi connectivity index (χ3v) is 5.48. The highest BCUT2D eigenvalue weighted by atomic mass is 35.5. The molecule has 0 saturated heterocycles. The van der Waals surface area contributed by atoms with Gasteiger partial charge in [0.05, 0.1) is 19.7 Å². The van der Waals surface area contributed by atoms with Crippen LogP contribution in [0.25, 0.3) is 0 Å². The predicted octanol–water partition coefficient (Wildman–Crippen LogP) is 4.45. The van der Waals surface area contributed by atoms with Crippen molar-refractivity contribution in [3.8, 4) is 0 Å². The van der Waals surface area contributed by atoms with Gasteiger partial charge in [0, 0.05) is 23.7 Å². The van der Waals surface area contributed by atoms with Crippen molar-refractivity contribution in [2.45, 2.75) is 19.1 Å².